The Morgan fingerprint density at radius 1 is 0.938 bits per heavy atom. The molecule has 0 rings (SSSR count). The number of rotatable bonds is 12. The lowest BCUT2D eigenvalue weighted by Gasteiger charge is -2.12. The molecule has 1 unspecified atom stereocenters. The normalized spacial score (nSPS) is 12.9. The van der Waals surface area contributed by atoms with Crippen LogP contribution in [0.15, 0.2) is 0 Å². The van der Waals surface area contributed by atoms with Crippen LogP contribution < -0.4 is 5.32 Å². The van der Waals surface area contributed by atoms with Gasteiger partial charge < -0.3 is 24.3 Å². The van der Waals surface area contributed by atoms with Gasteiger partial charge >= 0.3 is 0 Å². The van der Waals surface area contributed by atoms with Crippen LogP contribution in [0.5, 0.6) is 0 Å². The Hall–Kier alpha value is -0.200. The molecule has 1 atom stereocenters. The van der Waals surface area contributed by atoms with Crippen LogP contribution in [0.1, 0.15) is 6.92 Å². The first-order valence-corrected chi connectivity index (χ1v) is 5.69. The average Bonchev–Trinajstić information content (AvgIpc) is 2.27. The molecule has 98 valence electrons. The lowest BCUT2D eigenvalue weighted by atomic mass is 10.4. The molecule has 0 amide bonds. The van der Waals surface area contributed by atoms with E-state index in [9.17, 15) is 0 Å². The molecular formula is C11H25NO4. The minimum absolute atomic E-state index is 0.157. The summed E-state index contributed by atoms with van der Waals surface area (Å²) in [5.74, 6) is 0. The number of hydrogen-bond donors (Lipinski definition) is 1. The quantitative estimate of drug-likeness (QED) is 0.493. The molecule has 0 spiro atoms. The van der Waals surface area contributed by atoms with Gasteiger partial charge in [-0.05, 0) is 6.92 Å². The molecule has 1 N–H and O–H groups in total. The fraction of sp³-hybridized carbons (Fsp3) is 1.00. The van der Waals surface area contributed by atoms with Crippen LogP contribution in [0.2, 0.25) is 0 Å². The second-order valence-corrected chi connectivity index (χ2v) is 3.49. The molecule has 0 aromatic carbocycles. The van der Waals surface area contributed by atoms with Gasteiger partial charge in [0.15, 0.2) is 0 Å². The summed E-state index contributed by atoms with van der Waals surface area (Å²) < 4.78 is 20.6. The van der Waals surface area contributed by atoms with Gasteiger partial charge in [-0.2, -0.15) is 0 Å². The highest BCUT2D eigenvalue weighted by Crippen LogP contribution is 1.89. The smallest absolute Gasteiger partial charge is 0.0780 e. The fourth-order valence-corrected chi connectivity index (χ4v) is 1.13. The Labute approximate surface area is 98.4 Å². The van der Waals surface area contributed by atoms with Crippen LogP contribution >= 0.6 is 0 Å². The van der Waals surface area contributed by atoms with Crippen molar-refractivity contribution < 1.29 is 18.9 Å². The standard InChI is InChI=1S/C11H25NO4/c1-11(10-14-3)16-7-5-12-4-6-15-9-8-13-2/h11-12H,4-10H2,1-3H3. The van der Waals surface area contributed by atoms with Crippen LogP contribution in [0.25, 0.3) is 0 Å². The number of nitrogens with one attached hydrogen (secondary N) is 1. The lowest BCUT2D eigenvalue weighted by Crippen LogP contribution is -2.27. The zero-order valence-electron chi connectivity index (χ0n) is 10.7. The first kappa shape index (κ1) is 15.8. The Morgan fingerprint density at radius 2 is 1.69 bits per heavy atom. The molecule has 0 radical (unpaired) electrons. The van der Waals surface area contributed by atoms with Gasteiger partial charge in [-0.25, -0.2) is 0 Å². The Balaban J connectivity index is 2.98. The van der Waals surface area contributed by atoms with Crippen molar-refractivity contribution >= 4 is 0 Å². The molecule has 5 heteroatoms. The van der Waals surface area contributed by atoms with Gasteiger partial charge in [0.25, 0.3) is 0 Å². The van der Waals surface area contributed by atoms with Crippen molar-refractivity contribution in [3.05, 3.63) is 0 Å². The summed E-state index contributed by atoms with van der Waals surface area (Å²) in [5.41, 5.74) is 0. The zero-order valence-corrected chi connectivity index (χ0v) is 10.7. The van der Waals surface area contributed by atoms with Crippen LogP contribution in [-0.2, 0) is 18.9 Å². The van der Waals surface area contributed by atoms with Gasteiger partial charge in [-0.1, -0.05) is 0 Å². The maximum absolute atomic E-state index is 5.48. The predicted octanol–water partition coefficient (Wildman–Crippen LogP) is 0.291. The fourth-order valence-electron chi connectivity index (χ4n) is 1.13. The van der Waals surface area contributed by atoms with Crippen molar-refractivity contribution in [3.63, 3.8) is 0 Å². The molecular weight excluding hydrogens is 210 g/mol. The zero-order chi connectivity index (χ0) is 12.1. The number of ether oxygens (including phenoxy) is 4. The van der Waals surface area contributed by atoms with E-state index in [0.717, 1.165) is 13.1 Å². The summed E-state index contributed by atoms with van der Waals surface area (Å²) in [6, 6.07) is 0. The molecule has 0 aliphatic carbocycles. The molecule has 0 aliphatic heterocycles. The van der Waals surface area contributed by atoms with E-state index < -0.39 is 0 Å². The summed E-state index contributed by atoms with van der Waals surface area (Å²) in [6.45, 7) is 7.02. The molecule has 0 aromatic rings. The van der Waals surface area contributed by atoms with Gasteiger partial charge in [0.05, 0.1) is 39.1 Å². The van der Waals surface area contributed by atoms with E-state index in [0.29, 0.717) is 33.0 Å². The first-order valence-electron chi connectivity index (χ1n) is 5.69. The van der Waals surface area contributed by atoms with Crippen molar-refractivity contribution in [2.24, 2.45) is 0 Å². The SMILES string of the molecule is COCCOCCNCCOC(C)COC. The van der Waals surface area contributed by atoms with E-state index in [4.69, 9.17) is 18.9 Å². The van der Waals surface area contributed by atoms with Crippen molar-refractivity contribution in [3.8, 4) is 0 Å². The second kappa shape index (κ2) is 12.9. The van der Waals surface area contributed by atoms with Gasteiger partial charge in [-0.15, -0.1) is 0 Å². The molecule has 0 saturated carbocycles. The average molecular weight is 235 g/mol. The van der Waals surface area contributed by atoms with Gasteiger partial charge in [0.1, 0.15) is 0 Å². The number of methoxy groups -OCH3 is 2. The molecule has 0 fully saturated rings. The minimum Gasteiger partial charge on any atom is -0.382 e. The molecule has 0 heterocycles. The topological polar surface area (TPSA) is 49.0 Å². The Kier molecular flexibility index (Phi) is 12.7. The van der Waals surface area contributed by atoms with E-state index in [2.05, 4.69) is 5.32 Å². The third-order valence-corrected chi connectivity index (χ3v) is 1.94. The van der Waals surface area contributed by atoms with Crippen LogP contribution in [0.4, 0.5) is 0 Å². The summed E-state index contributed by atoms with van der Waals surface area (Å²) in [4.78, 5) is 0. The van der Waals surface area contributed by atoms with Crippen LogP contribution in [0, 0.1) is 0 Å². The van der Waals surface area contributed by atoms with E-state index in [1.807, 2.05) is 6.92 Å². The van der Waals surface area contributed by atoms with E-state index in [-0.39, 0.29) is 6.10 Å². The Bertz CT molecular complexity index is 135. The van der Waals surface area contributed by atoms with Crippen LogP contribution in [-0.4, -0.2) is 66.4 Å². The molecule has 0 aliphatic rings. The maximum atomic E-state index is 5.48. The lowest BCUT2D eigenvalue weighted by molar-refractivity contribution is 0.00998. The van der Waals surface area contributed by atoms with E-state index in [1.165, 1.54) is 0 Å². The second-order valence-electron chi connectivity index (χ2n) is 3.49. The van der Waals surface area contributed by atoms with Crippen molar-refractivity contribution in [1.82, 2.24) is 5.32 Å². The highest BCUT2D eigenvalue weighted by molar-refractivity contribution is 4.49. The molecule has 5 nitrogen and oxygen atoms in total. The first-order chi connectivity index (χ1) is 7.81. The maximum Gasteiger partial charge on any atom is 0.0780 e. The van der Waals surface area contributed by atoms with E-state index >= 15 is 0 Å². The third-order valence-electron chi connectivity index (χ3n) is 1.94. The third kappa shape index (κ3) is 11.9. The largest absolute Gasteiger partial charge is 0.382 e. The molecule has 16 heavy (non-hydrogen) atoms. The molecule has 0 saturated heterocycles. The highest BCUT2D eigenvalue weighted by Gasteiger charge is 1.99. The minimum atomic E-state index is 0.157. The van der Waals surface area contributed by atoms with Crippen molar-refractivity contribution in [2.75, 3.05) is 60.3 Å². The van der Waals surface area contributed by atoms with Gasteiger partial charge in [0.2, 0.25) is 0 Å². The molecule has 0 aromatic heterocycles. The van der Waals surface area contributed by atoms with Gasteiger partial charge in [-0.3, -0.25) is 0 Å². The Morgan fingerprint density at radius 3 is 2.38 bits per heavy atom. The highest BCUT2D eigenvalue weighted by atomic mass is 16.5. The van der Waals surface area contributed by atoms with E-state index in [1.54, 1.807) is 14.2 Å². The molecule has 0 bridgehead atoms. The summed E-state index contributed by atoms with van der Waals surface area (Å²) >= 11 is 0. The monoisotopic (exact) mass is 235 g/mol. The van der Waals surface area contributed by atoms with Crippen molar-refractivity contribution in [2.45, 2.75) is 13.0 Å². The summed E-state index contributed by atoms with van der Waals surface area (Å²) in [7, 11) is 3.34. The van der Waals surface area contributed by atoms with Crippen LogP contribution in [0.3, 0.4) is 0 Å². The summed E-state index contributed by atoms with van der Waals surface area (Å²) in [6.07, 6.45) is 0.157. The number of hydrogen-bond acceptors (Lipinski definition) is 5. The van der Waals surface area contributed by atoms with Gasteiger partial charge in [0, 0.05) is 27.3 Å². The van der Waals surface area contributed by atoms with Crippen molar-refractivity contribution in [1.29, 1.82) is 0 Å². The predicted molar refractivity (Wildman–Crippen MR) is 62.9 cm³/mol. The summed E-state index contributed by atoms with van der Waals surface area (Å²) in [5, 5.41) is 3.23.